The Kier molecular flexibility index (Phi) is 7.39. The number of ether oxygens (including phenoxy) is 3. The molecule has 1 atom stereocenters. The highest BCUT2D eigenvalue weighted by Crippen LogP contribution is 2.38. The number of carbonyl (C=O) groups excluding carboxylic acids is 2. The maximum Gasteiger partial charge on any atom is 0.254 e. The predicted molar refractivity (Wildman–Crippen MR) is 118 cm³/mol. The zero-order valence-corrected chi connectivity index (χ0v) is 18.5. The Morgan fingerprint density at radius 2 is 1.55 bits per heavy atom. The lowest BCUT2D eigenvalue weighted by atomic mass is 9.94. The fourth-order valence-electron chi connectivity index (χ4n) is 3.89. The molecule has 1 heterocycles. The van der Waals surface area contributed by atoms with Crippen molar-refractivity contribution in [3.8, 4) is 17.2 Å². The van der Waals surface area contributed by atoms with Gasteiger partial charge in [0.1, 0.15) is 0 Å². The van der Waals surface area contributed by atoms with Gasteiger partial charge in [-0.2, -0.15) is 0 Å². The van der Waals surface area contributed by atoms with Crippen molar-refractivity contribution in [2.24, 2.45) is 5.92 Å². The zero-order valence-electron chi connectivity index (χ0n) is 18.5. The van der Waals surface area contributed by atoms with E-state index in [4.69, 9.17) is 14.2 Å². The normalized spacial score (nSPS) is 15.2. The molecule has 1 aliphatic rings. The molecule has 31 heavy (non-hydrogen) atoms. The van der Waals surface area contributed by atoms with Crippen LogP contribution in [0.4, 0.5) is 0 Å². The van der Waals surface area contributed by atoms with Gasteiger partial charge in [-0.15, -0.1) is 0 Å². The molecule has 2 amide bonds. The van der Waals surface area contributed by atoms with Gasteiger partial charge in [0.25, 0.3) is 5.91 Å². The van der Waals surface area contributed by atoms with Gasteiger partial charge in [-0.25, -0.2) is 0 Å². The van der Waals surface area contributed by atoms with Crippen molar-refractivity contribution >= 4 is 11.8 Å². The van der Waals surface area contributed by atoms with Crippen LogP contribution in [0, 0.1) is 5.92 Å². The molecule has 0 bridgehead atoms. The van der Waals surface area contributed by atoms with Gasteiger partial charge in [-0.1, -0.05) is 30.3 Å². The molecule has 0 spiro atoms. The third kappa shape index (κ3) is 5.10. The van der Waals surface area contributed by atoms with E-state index in [0.29, 0.717) is 48.7 Å². The van der Waals surface area contributed by atoms with Crippen molar-refractivity contribution in [1.82, 2.24) is 10.2 Å². The van der Waals surface area contributed by atoms with Crippen molar-refractivity contribution in [1.29, 1.82) is 0 Å². The molecule has 0 radical (unpaired) electrons. The molecule has 1 aliphatic heterocycles. The van der Waals surface area contributed by atoms with E-state index in [1.54, 1.807) is 17.0 Å². The molecule has 7 heteroatoms. The summed E-state index contributed by atoms with van der Waals surface area (Å²) in [4.78, 5) is 27.5. The number of carbonyl (C=O) groups is 2. The van der Waals surface area contributed by atoms with E-state index in [1.807, 2.05) is 37.3 Å². The monoisotopic (exact) mass is 426 g/mol. The molecule has 1 N–H and O–H groups in total. The summed E-state index contributed by atoms with van der Waals surface area (Å²) < 4.78 is 16.0. The maximum absolute atomic E-state index is 13.0. The quantitative estimate of drug-likeness (QED) is 0.734. The van der Waals surface area contributed by atoms with Crippen LogP contribution in [0.25, 0.3) is 0 Å². The topological polar surface area (TPSA) is 77.1 Å². The van der Waals surface area contributed by atoms with E-state index in [0.717, 1.165) is 5.56 Å². The molecule has 166 valence electrons. The molecule has 1 saturated heterocycles. The van der Waals surface area contributed by atoms with Crippen LogP contribution in [0.3, 0.4) is 0 Å². The molecule has 0 saturated carbocycles. The molecule has 0 aromatic heterocycles. The third-order valence-electron chi connectivity index (χ3n) is 5.72. The summed E-state index contributed by atoms with van der Waals surface area (Å²) in [5, 5.41) is 3.10. The van der Waals surface area contributed by atoms with Gasteiger partial charge in [0.2, 0.25) is 11.7 Å². The fourth-order valence-corrected chi connectivity index (χ4v) is 3.89. The van der Waals surface area contributed by atoms with Crippen molar-refractivity contribution in [2.45, 2.75) is 25.8 Å². The molecule has 0 unspecified atom stereocenters. The average Bonchev–Trinajstić information content (AvgIpc) is 2.83. The van der Waals surface area contributed by atoms with Crippen LogP contribution < -0.4 is 19.5 Å². The van der Waals surface area contributed by atoms with Crippen LogP contribution in [0.1, 0.15) is 41.7 Å². The lowest BCUT2D eigenvalue weighted by Gasteiger charge is -2.32. The van der Waals surface area contributed by atoms with Crippen molar-refractivity contribution in [2.75, 3.05) is 34.4 Å². The summed E-state index contributed by atoms with van der Waals surface area (Å²) in [6.45, 7) is 3.02. The van der Waals surface area contributed by atoms with Crippen molar-refractivity contribution < 1.29 is 23.8 Å². The smallest absolute Gasteiger partial charge is 0.254 e. The Labute approximate surface area is 183 Å². The lowest BCUT2D eigenvalue weighted by Crippen LogP contribution is -2.43. The molecule has 2 aromatic carbocycles. The zero-order chi connectivity index (χ0) is 22.4. The number of likely N-dealkylation sites (tertiary alicyclic amines) is 1. The van der Waals surface area contributed by atoms with Crippen molar-refractivity contribution in [3.63, 3.8) is 0 Å². The largest absolute Gasteiger partial charge is 0.493 e. The van der Waals surface area contributed by atoms with Crippen LogP contribution in [0.2, 0.25) is 0 Å². The summed E-state index contributed by atoms with van der Waals surface area (Å²) in [6, 6.07) is 13.2. The Balaban J connectivity index is 1.61. The highest BCUT2D eigenvalue weighted by atomic mass is 16.5. The minimum absolute atomic E-state index is 0.0382. The van der Waals surface area contributed by atoms with Crippen LogP contribution in [-0.4, -0.2) is 51.1 Å². The first-order valence-electron chi connectivity index (χ1n) is 10.4. The van der Waals surface area contributed by atoms with Crippen LogP contribution in [0.5, 0.6) is 17.2 Å². The standard InChI is InChI=1S/C24H30N2O5/c1-16(17-8-6-5-7-9-17)25-23(27)18-10-12-26(13-11-18)24(28)19-14-20(29-2)22(31-4)21(15-19)30-3/h5-9,14-16,18H,10-13H2,1-4H3,(H,25,27)/t16-/m0/s1. The highest BCUT2D eigenvalue weighted by Gasteiger charge is 2.29. The molecule has 0 aliphatic carbocycles. The van der Waals surface area contributed by atoms with Crippen molar-refractivity contribution in [3.05, 3.63) is 53.6 Å². The summed E-state index contributed by atoms with van der Waals surface area (Å²) in [7, 11) is 4.56. The molecule has 7 nitrogen and oxygen atoms in total. The van der Waals surface area contributed by atoms with E-state index >= 15 is 0 Å². The van der Waals surface area contributed by atoms with Gasteiger partial charge in [0.05, 0.1) is 27.4 Å². The van der Waals surface area contributed by atoms with Crippen LogP contribution in [0.15, 0.2) is 42.5 Å². The van der Waals surface area contributed by atoms with Gasteiger partial charge in [0, 0.05) is 24.6 Å². The molecular formula is C24H30N2O5. The van der Waals surface area contributed by atoms with E-state index < -0.39 is 0 Å². The minimum atomic E-state index is -0.115. The first kappa shape index (κ1) is 22.5. The second-order valence-electron chi connectivity index (χ2n) is 7.62. The van der Waals surface area contributed by atoms with Crippen LogP contribution >= 0.6 is 0 Å². The predicted octanol–water partition coefficient (Wildman–Crippen LogP) is 3.44. The lowest BCUT2D eigenvalue weighted by molar-refractivity contribution is -0.126. The SMILES string of the molecule is COc1cc(C(=O)N2CCC(C(=O)N[C@@H](C)c3ccccc3)CC2)cc(OC)c1OC. The molecule has 1 fully saturated rings. The minimum Gasteiger partial charge on any atom is -0.493 e. The second-order valence-corrected chi connectivity index (χ2v) is 7.62. The van der Waals surface area contributed by atoms with Gasteiger partial charge in [0.15, 0.2) is 11.5 Å². The highest BCUT2D eigenvalue weighted by molar-refractivity contribution is 5.96. The van der Waals surface area contributed by atoms with E-state index in [1.165, 1.54) is 21.3 Å². The van der Waals surface area contributed by atoms with E-state index in [-0.39, 0.29) is 23.8 Å². The molecule has 3 rings (SSSR count). The number of piperidine rings is 1. The maximum atomic E-state index is 13.0. The molecular weight excluding hydrogens is 396 g/mol. The summed E-state index contributed by atoms with van der Waals surface area (Å²) in [5.41, 5.74) is 1.54. The second kappa shape index (κ2) is 10.2. The van der Waals surface area contributed by atoms with Gasteiger partial charge in [-0.3, -0.25) is 9.59 Å². The summed E-state index contributed by atoms with van der Waals surface area (Å²) in [5.74, 6) is 1.15. The van der Waals surface area contributed by atoms with E-state index in [2.05, 4.69) is 5.32 Å². The Morgan fingerprint density at radius 3 is 2.06 bits per heavy atom. The van der Waals surface area contributed by atoms with Crippen LogP contribution in [-0.2, 0) is 4.79 Å². The van der Waals surface area contributed by atoms with Gasteiger partial charge < -0.3 is 24.4 Å². The number of benzene rings is 2. The Bertz CT molecular complexity index is 882. The number of rotatable bonds is 7. The molecule has 2 aromatic rings. The fraction of sp³-hybridized carbons (Fsp3) is 0.417. The average molecular weight is 427 g/mol. The number of methoxy groups -OCH3 is 3. The third-order valence-corrected chi connectivity index (χ3v) is 5.72. The van der Waals surface area contributed by atoms with Gasteiger partial charge >= 0.3 is 0 Å². The number of nitrogens with zero attached hydrogens (tertiary/aromatic N) is 1. The number of hydrogen-bond donors (Lipinski definition) is 1. The van der Waals surface area contributed by atoms with E-state index in [9.17, 15) is 9.59 Å². The summed E-state index contributed by atoms with van der Waals surface area (Å²) >= 11 is 0. The first-order chi connectivity index (χ1) is 15.0. The van der Waals surface area contributed by atoms with Gasteiger partial charge in [-0.05, 0) is 37.5 Å². The Morgan fingerprint density at radius 1 is 0.968 bits per heavy atom. The number of hydrogen-bond acceptors (Lipinski definition) is 5. The number of nitrogens with one attached hydrogen (secondary N) is 1. The Hall–Kier alpha value is -3.22. The number of amides is 2. The first-order valence-corrected chi connectivity index (χ1v) is 10.4. The summed E-state index contributed by atoms with van der Waals surface area (Å²) in [6.07, 6.45) is 1.26.